The third kappa shape index (κ3) is 2.08. The molecule has 1 saturated carbocycles. The normalized spacial score (nSPS) is 24.1. The van der Waals surface area contributed by atoms with Gasteiger partial charge >= 0.3 is 0 Å². The minimum atomic E-state index is 0.0738. The second-order valence-corrected chi connectivity index (χ2v) is 4.89. The van der Waals surface area contributed by atoms with E-state index in [-0.39, 0.29) is 17.9 Å². The molecule has 1 spiro atoms. The number of rotatable bonds is 1. The Balaban J connectivity index is 2.12. The Kier molecular flexibility index (Phi) is 3.50. The van der Waals surface area contributed by atoms with E-state index >= 15 is 0 Å². The molecule has 0 radical (unpaired) electrons. The maximum Gasteiger partial charge on any atom is 0.235 e. The van der Waals surface area contributed by atoms with Crippen molar-refractivity contribution in [1.82, 2.24) is 10.2 Å². The van der Waals surface area contributed by atoms with Crippen molar-refractivity contribution in [3.63, 3.8) is 0 Å². The highest BCUT2D eigenvalue weighted by Gasteiger charge is 2.41. The first kappa shape index (κ1) is 11.5. The molecule has 0 aromatic carbocycles. The van der Waals surface area contributed by atoms with E-state index in [0.717, 1.165) is 32.5 Å². The van der Waals surface area contributed by atoms with E-state index in [0.29, 0.717) is 0 Å². The molecule has 88 valence electrons. The Labute approximate surface area is 97.6 Å². The fraction of sp³-hybridized carbons (Fsp3) is 0.769. The van der Waals surface area contributed by atoms with E-state index in [9.17, 15) is 4.79 Å². The van der Waals surface area contributed by atoms with E-state index in [4.69, 9.17) is 6.42 Å². The minimum absolute atomic E-state index is 0.0738. The molecule has 3 heteroatoms. The van der Waals surface area contributed by atoms with Gasteiger partial charge in [-0.05, 0) is 12.8 Å². The molecule has 16 heavy (non-hydrogen) atoms. The van der Waals surface area contributed by atoms with Crippen LogP contribution in [0.15, 0.2) is 0 Å². The summed E-state index contributed by atoms with van der Waals surface area (Å²) in [6.45, 7) is 2.67. The summed E-state index contributed by atoms with van der Waals surface area (Å²) >= 11 is 0. The number of hydrogen-bond acceptors (Lipinski definition) is 2. The van der Waals surface area contributed by atoms with Gasteiger partial charge in [0.25, 0.3) is 0 Å². The molecule has 0 aromatic heterocycles. The van der Waals surface area contributed by atoms with E-state index in [1.807, 2.05) is 0 Å². The third-order valence-corrected chi connectivity index (χ3v) is 3.88. The Hall–Kier alpha value is -1.01. The average molecular weight is 220 g/mol. The third-order valence-electron chi connectivity index (χ3n) is 3.88. The van der Waals surface area contributed by atoms with E-state index < -0.39 is 0 Å². The molecule has 0 unspecified atom stereocenters. The lowest BCUT2D eigenvalue weighted by Gasteiger charge is -2.49. The molecular weight excluding hydrogens is 200 g/mol. The van der Waals surface area contributed by atoms with Gasteiger partial charge in [0.05, 0.1) is 12.0 Å². The number of piperazine rings is 1. The Morgan fingerprint density at radius 1 is 1.38 bits per heavy atom. The summed E-state index contributed by atoms with van der Waals surface area (Å²) in [4.78, 5) is 14.1. The van der Waals surface area contributed by atoms with Crippen molar-refractivity contribution in [2.45, 2.75) is 44.1 Å². The maximum absolute atomic E-state index is 12.0. The molecule has 1 saturated heterocycles. The zero-order valence-corrected chi connectivity index (χ0v) is 9.80. The van der Waals surface area contributed by atoms with Gasteiger partial charge in [-0.25, -0.2) is 0 Å². The summed E-state index contributed by atoms with van der Waals surface area (Å²) in [7, 11) is 0. The van der Waals surface area contributed by atoms with Crippen LogP contribution >= 0.6 is 0 Å². The van der Waals surface area contributed by atoms with Gasteiger partial charge in [0, 0.05) is 19.6 Å². The quantitative estimate of drug-likeness (QED) is 0.672. The van der Waals surface area contributed by atoms with Crippen LogP contribution in [-0.2, 0) is 4.79 Å². The topological polar surface area (TPSA) is 32.3 Å². The smallest absolute Gasteiger partial charge is 0.235 e. The Morgan fingerprint density at radius 2 is 2.12 bits per heavy atom. The number of amides is 1. The van der Waals surface area contributed by atoms with Crippen molar-refractivity contribution in [1.29, 1.82) is 0 Å². The summed E-state index contributed by atoms with van der Waals surface area (Å²) in [5.74, 6) is 2.62. The number of terminal acetylenes is 1. The Morgan fingerprint density at radius 3 is 2.81 bits per heavy atom. The van der Waals surface area contributed by atoms with Crippen LogP contribution in [0.4, 0.5) is 0 Å². The molecule has 0 bridgehead atoms. The monoisotopic (exact) mass is 220 g/mol. The average Bonchev–Trinajstić information content (AvgIpc) is 2.31. The van der Waals surface area contributed by atoms with Crippen molar-refractivity contribution < 1.29 is 4.79 Å². The lowest BCUT2D eigenvalue weighted by molar-refractivity contribution is -0.139. The highest BCUT2D eigenvalue weighted by atomic mass is 16.2. The minimum Gasteiger partial charge on any atom is -0.334 e. The van der Waals surface area contributed by atoms with Crippen molar-refractivity contribution in [3.8, 4) is 12.3 Å². The molecule has 1 heterocycles. The van der Waals surface area contributed by atoms with Gasteiger partial charge in [-0.2, -0.15) is 0 Å². The van der Waals surface area contributed by atoms with Crippen molar-refractivity contribution in [2.75, 3.05) is 19.6 Å². The first-order valence-corrected chi connectivity index (χ1v) is 6.23. The largest absolute Gasteiger partial charge is 0.334 e. The highest BCUT2D eigenvalue weighted by molar-refractivity contribution is 5.79. The van der Waals surface area contributed by atoms with Crippen LogP contribution in [0.3, 0.4) is 0 Å². The summed E-state index contributed by atoms with van der Waals surface area (Å²) in [5, 5.41) is 3.43. The zero-order valence-electron chi connectivity index (χ0n) is 9.80. The SMILES string of the molecule is C#CCC(=O)N1CCNCC12CCCCC2. The predicted molar refractivity (Wildman–Crippen MR) is 63.8 cm³/mol. The van der Waals surface area contributed by atoms with Gasteiger partial charge in [0.2, 0.25) is 5.91 Å². The molecule has 2 aliphatic rings. The van der Waals surface area contributed by atoms with Gasteiger partial charge in [-0.1, -0.05) is 25.2 Å². The first-order valence-electron chi connectivity index (χ1n) is 6.23. The second kappa shape index (κ2) is 4.88. The summed E-state index contributed by atoms with van der Waals surface area (Å²) in [5.41, 5.74) is 0.0738. The van der Waals surface area contributed by atoms with Crippen LogP contribution in [0.25, 0.3) is 0 Å². The molecule has 3 nitrogen and oxygen atoms in total. The molecule has 2 rings (SSSR count). The fourth-order valence-corrected chi connectivity index (χ4v) is 3.07. The number of carbonyl (C=O) groups is 1. The fourth-order valence-electron chi connectivity index (χ4n) is 3.07. The zero-order chi connectivity index (χ0) is 11.4. The van der Waals surface area contributed by atoms with Crippen LogP contribution < -0.4 is 5.32 Å². The lowest BCUT2D eigenvalue weighted by Crippen LogP contribution is -2.63. The highest BCUT2D eigenvalue weighted by Crippen LogP contribution is 2.34. The van der Waals surface area contributed by atoms with E-state index in [1.165, 1.54) is 19.3 Å². The second-order valence-electron chi connectivity index (χ2n) is 4.89. The lowest BCUT2D eigenvalue weighted by atomic mass is 9.79. The number of nitrogens with one attached hydrogen (secondary N) is 1. The molecule has 1 aliphatic carbocycles. The first-order chi connectivity index (χ1) is 7.78. The molecule has 1 aliphatic heterocycles. The number of hydrogen-bond donors (Lipinski definition) is 1. The van der Waals surface area contributed by atoms with Gasteiger partial charge in [0.15, 0.2) is 0 Å². The number of carbonyl (C=O) groups excluding carboxylic acids is 1. The predicted octanol–water partition coefficient (Wildman–Crippen LogP) is 1.14. The summed E-state index contributed by atoms with van der Waals surface area (Å²) < 4.78 is 0. The van der Waals surface area contributed by atoms with Crippen molar-refractivity contribution in [2.24, 2.45) is 0 Å². The molecule has 0 aromatic rings. The molecule has 0 atom stereocenters. The molecule has 1 amide bonds. The maximum atomic E-state index is 12.0. The van der Waals surface area contributed by atoms with Gasteiger partial charge in [0.1, 0.15) is 0 Å². The van der Waals surface area contributed by atoms with Crippen LogP contribution in [0.5, 0.6) is 0 Å². The standard InChI is InChI=1S/C13H20N2O/c1-2-6-12(16)15-10-9-14-11-13(15)7-4-3-5-8-13/h1,14H,3-11H2. The van der Waals surface area contributed by atoms with Crippen LogP contribution in [0.2, 0.25) is 0 Å². The summed E-state index contributed by atoms with van der Waals surface area (Å²) in [6, 6.07) is 0. The van der Waals surface area contributed by atoms with Gasteiger partial charge < -0.3 is 10.2 Å². The molecule has 1 N–H and O–H groups in total. The van der Waals surface area contributed by atoms with E-state index in [1.54, 1.807) is 0 Å². The summed E-state index contributed by atoms with van der Waals surface area (Å²) in [6.07, 6.45) is 11.5. The van der Waals surface area contributed by atoms with Gasteiger partial charge in [-0.3, -0.25) is 4.79 Å². The van der Waals surface area contributed by atoms with Crippen LogP contribution in [-0.4, -0.2) is 36.0 Å². The van der Waals surface area contributed by atoms with Gasteiger partial charge in [-0.15, -0.1) is 6.42 Å². The molecule has 2 fully saturated rings. The van der Waals surface area contributed by atoms with Crippen molar-refractivity contribution >= 4 is 5.91 Å². The molecular formula is C13H20N2O. The van der Waals surface area contributed by atoms with Crippen LogP contribution in [0, 0.1) is 12.3 Å². The van der Waals surface area contributed by atoms with E-state index in [2.05, 4.69) is 16.1 Å². The number of nitrogens with zero attached hydrogens (tertiary/aromatic N) is 1. The Bertz CT molecular complexity index is 291. The van der Waals surface area contributed by atoms with Crippen LogP contribution in [0.1, 0.15) is 38.5 Å². The van der Waals surface area contributed by atoms with Crippen molar-refractivity contribution in [3.05, 3.63) is 0 Å².